The highest BCUT2D eigenvalue weighted by Crippen LogP contribution is 2.28. The molecule has 0 aromatic carbocycles. The van der Waals surface area contributed by atoms with Crippen molar-refractivity contribution in [3.8, 4) is 0 Å². The molecule has 1 N–H and O–H groups in total. The van der Waals surface area contributed by atoms with Gasteiger partial charge in [0.05, 0.1) is 0 Å². The van der Waals surface area contributed by atoms with Gasteiger partial charge in [0.1, 0.15) is 5.02 Å². The van der Waals surface area contributed by atoms with Crippen LogP contribution in [-0.2, 0) is 0 Å². The van der Waals surface area contributed by atoms with Gasteiger partial charge < -0.3 is 15.1 Å². The van der Waals surface area contributed by atoms with E-state index in [0.29, 0.717) is 21.9 Å². The molecular formula is C10H16Cl3N5. The summed E-state index contributed by atoms with van der Waals surface area (Å²) in [6.07, 6.45) is 0. The maximum atomic E-state index is 5.99. The molecule has 1 fully saturated rings. The zero-order valence-electron chi connectivity index (χ0n) is 10.3. The van der Waals surface area contributed by atoms with E-state index in [1.54, 1.807) is 7.05 Å². The Labute approximate surface area is 123 Å². The van der Waals surface area contributed by atoms with Crippen LogP contribution >= 0.6 is 35.6 Å². The van der Waals surface area contributed by atoms with E-state index in [9.17, 15) is 0 Å². The Morgan fingerprint density at radius 1 is 1.11 bits per heavy atom. The maximum absolute atomic E-state index is 5.99. The third-order valence-electron chi connectivity index (χ3n) is 2.82. The zero-order chi connectivity index (χ0) is 12.4. The molecule has 8 heteroatoms. The summed E-state index contributed by atoms with van der Waals surface area (Å²) in [7, 11) is 3.87. The number of hydrogen-bond acceptors (Lipinski definition) is 5. The summed E-state index contributed by atoms with van der Waals surface area (Å²) in [6, 6.07) is 0. The van der Waals surface area contributed by atoms with Crippen LogP contribution in [0.5, 0.6) is 0 Å². The predicted molar refractivity (Wildman–Crippen MR) is 78.6 cm³/mol. The lowest BCUT2D eigenvalue weighted by molar-refractivity contribution is 0.311. The Morgan fingerprint density at radius 3 is 2.28 bits per heavy atom. The lowest BCUT2D eigenvalue weighted by Gasteiger charge is -2.32. The van der Waals surface area contributed by atoms with Gasteiger partial charge in [-0.05, 0) is 7.05 Å². The Morgan fingerprint density at radius 2 is 1.72 bits per heavy atom. The summed E-state index contributed by atoms with van der Waals surface area (Å²) in [5, 5.41) is 3.58. The monoisotopic (exact) mass is 311 g/mol. The van der Waals surface area contributed by atoms with Crippen molar-refractivity contribution in [1.82, 2.24) is 14.9 Å². The first kappa shape index (κ1) is 15.6. The van der Waals surface area contributed by atoms with Crippen LogP contribution in [0.25, 0.3) is 0 Å². The molecule has 5 nitrogen and oxygen atoms in total. The fraction of sp³-hybridized carbons (Fsp3) is 0.600. The molecule has 1 aliphatic rings. The van der Waals surface area contributed by atoms with Gasteiger partial charge in [0, 0.05) is 33.2 Å². The molecule has 1 aromatic heterocycles. The van der Waals surface area contributed by atoms with Gasteiger partial charge in [-0.1, -0.05) is 23.2 Å². The average Bonchev–Trinajstić information content (AvgIpc) is 2.33. The second-order valence-corrected chi connectivity index (χ2v) is 4.75. The van der Waals surface area contributed by atoms with E-state index in [1.165, 1.54) is 0 Å². The molecular weight excluding hydrogens is 297 g/mol. The van der Waals surface area contributed by atoms with Gasteiger partial charge in [-0.15, -0.1) is 12.4 Å². The smallest absolute Gasteiger partial charge is 0.228 e. The van der Waals surface area contributed by atoms with Crippen molar-refractivity contribution < 1.29 is 0 Å². The van der Waals surface area contributed by atoms with Crippen LogP contribution in [0, 0.1) is 0 Å². The summed E-state index contributed by atoms with van der Waals surface area (Å²) in [4.78, 5) is 13.0. The van der Waals surface area contributed by atoms with Crippen molar-refractivity contribution in [2.24, 2.45) is 0 Å². The van der Waals surface area contributed by atoms with E-state index in [4.69, 9.17) is 23.2 Å². The van der Waals surface area contributed by atoms with Crippen LogP contribution in [0.4, 0.5) is 11.8 Å². The molecule has 1 aromatic rings. The van der Waals surface area contributed by atoms with Crippen molar-refractivity contribution >= 4 is 47.4 Å². The third-order valence-corrected chi connectivity index (χ3v) is 3.55. The molecule has 0 aliphatic carbocycles. The van der Waals surface area contributed by atoms with Gasteiger partial charge in [-0.2, -0.15) is 9.97 Å². The summed E-state index contributed by atoms with van der Waals surface area (Å²) < 4.78 is 0. The number of likely N-dealkylation sites (N-methyl/N-ethyl adjacent to an activating group) is 1. The van der Waals surface area contributed by atoms with Crippen molar-refractivity contribution in [3.05, 3.63) is 10.2 Å². The molecule has 1 saturated heterocycles. The zero-order valence-corrected chi connectivity index (χ0v) is 12.6. The summed E-state index contributed by atoms with van der Waals surface area (Å²) in [5.74, 6) is 1.21. The lowest BCUT2D eigenvalue weighted by Crippen LogP contribution is -2.45. The third kappa shape index (κ3) is 3.29. The van der Waals surface area contributed by atoms with Gasteiger partial charge in [0.25, 0.3) is 0 Å². The van der Waals surface area contributed by atoms with Gasteiger partial charge in [0.2, 0.25) is 5.95 Å². The fourth-order valence-corrected chi connectivity index (χ4v) is 2.07. The first-order chi connectivity index (χ1) is 8.11. The van der Waals surface area contributed by atoms with Crippen LogP contribution in [0.2, 0.25) is 10.2 Å². The molecule has 1 aliphatic heterocycles. The molecule has 0 atom stereocenters. The minimum atomic E-state index is 0. The highest BCUT2D eigenvalue weighted by atomic mass is 35.5. The summed E-state index contributed by atoms with van der Waals surface area (Å²) in [5.41, 5.74) is 0. The molecule has 2 heterocycles. The SMILES string of the molecule is CNc1nc(N2CCN(C)CC2)nc(Cl)c1Cl.Cl. The molecule has 0 bridgehead atoms. The van der Waals surface area contributed by atoms with Crippen LogP contribution in [0.15, 0.2) is 0 Å². The van der Waals surface area contributed by atoms with E-state index in [1.807, 2.05) is 0 Å². The predicted octanol–water partition coefficient (Wildman–Crippen LogP) is 2.00. The molecule has 0 radical (unpaired) electrons. The normalized spacial score (nSPS) is 16.3. The number of aromatic nitrogens is 2. The highest BCUT2D eigenvalue weighted by molar-refractivity contribution is 6.42. The van der Waals surface area contributed by atoms with Crippen molar-refractivity contribution in [3.63, 3.8) is 0 Å². The number of piperazine rings is 1. The van der Waals surface area contributed by atoms with Crippen LogP contribution < -0.4 is 10.2 Å². The van der Waals surface area contributed by atoms with Gasteiger partial charge in [0.15, 0.2) is 11.0 Å². The first-order valence-corrected chi connectivity index (χ1v) is 6.21. The van der Waals surface area contributed by atoms with Crippen LogP contribution in [0.1, 0.15) is 0 Å². The largest absolute Gasteiger partial charge is 0.372 e. The topological polar surface area (TPSA) is 44.3 Å². The molecule has 0 amide bonds. The van der Waals surface area contributed by atoms with Gasteiger partial charge in [-0.3, -0.25) is 0 Å². The Hall–Kier alpha value is -0.490. The first-order valence-electron chi connectivity index (χ1n) is 5.46. The molecule has 18 heavy (non-hydrogen) atoms. The minimum Gasteiger partial charge on any atom is -0.372 e. The van der Waals surface area contributed by atoms with E-state index in [-0.39, 0.29) is 12.4 Å². The lowest BCUT2D eigenvalue weighted by atomic mass is 10.3. The quantitative estimate of drug-likeness (QED) is 0.846. The molecule has 0 unspecified atom stereocenters. The molecule has 2 rings (SSSR count). The van der Waals surface area contributed by atoms with E-state index in [0.717, 1.165) is 26.2 Å². The second kappa shape index (κ2) is 6.61. The maximum Gasteiger partial charge on any atom is 0.228 e. The summed E-state index contributed by atoms with van der Waals surface area (Å²) in [6.45, 7) is 3.80. The Bertz CT molecular complexity index is 407. The number of nitrogens with one attached hydrogen (secondary N) is 1. The number of anilines is 2. The number of nitrogens with zero attached hydrogens (tertiary/aromatic N) is 4. The van der Waals surface area contributed by atoms with E-state index >= 15 is 0 Å². The number of halogens is 3. The summed E-state index contributed by atoms with van der Waals surface area (Å²) >= 11 is 12.0. The molecule has 0 saturated carbocycles. The number of rotatable bonds is 2. The van der Waals surface area contributed by atoms with Crippen molar-refractivity contribution in [2.45, 2.75) is 0 Å². The Kier molecular flexibility index (Phi) is 5.72. The van der Waals surface area contributed by atoms with Gasteiger partial charge in [-0.25, -0.2) is 0 Å². The van der Waals surface area contributed by atoms with Crippen LogP contribution in [-0.4, -0.2) is 55.1 Å². The number of hydrogen-bond donors (Lipinski definition) is 1. The van der Waals surface area contributed by atoms with Crippen molar-refractivity contribution in [2.75, 3.05) is 50.5 Å². The molecule has 0 spiro atoms. The second-order valence-electron chi connectivity index (χ2n) is 4.02. The average molecular weight is 313 g/mol. The fourth-order valence-electron chi connectivity index (χ4n) is 1.72. The van der Waals surface area contributed by atoms with Crippen molar-refractivity contribution in [1.29, 1.82) is 0 Å². The minimum absolute atomic E-state index is 0. The highest BCUT2D eigenvalue weighted by Gasteiger charge is 2.19. The van der Waals surface area contributed by atoms with Gasteiger partial charge >= 0.3 is 0 Å². The van der Waals surface area contributed by atoms with E-state index in [2.05, 4.69) is 32.1 Å². The molecule has 102 valence electrons. The van der Waals surface area contributed by atoms with Crippen LogP contribution in [0.3, 0.4) is 0 Å². The Balaban J connectivity index is 0.00000162. The standard InChI is InChI=1S/C10H15Cl2N5.ClH/c1-13-9-7(11)8(12)14-10(15-9)17-5-3-16(2)4-6-17;/h3-6H2,1-2H3,(H,13,14,15);1H. The van der Waals surface area contributed by atoms with E-state index < -0.39 is 0 Å².